The van der Waals surface area contributed by atoms with E-state index >= 15 is 0 Å². The smallest absolute Gasteiger partial charge is 0.324 e. The van der Waals surface area contributed by atoms with Crippen LogP contribution in [0.3, 0.4) is 0 Å². The van der Waals surface area contributed by atoms with Gasteiger partial charge < -0.3 is 5.32 Å². The van der Waals surface area contributed by atoms with Crippen molar-refractivity contribution in [2.24, 2.45) is 0 Å². The number of fused-ring (bicyclic) bond motifs is 2. The van der Waals surface area contributed by atoms with Crippen LogP contribution in [0.2, 0.25) is 0 Å². The molecule has 172 valence electrons. The lowest BCUT2D eigenvalue weighted by atomic mass is 9.98. The zero-order valence-corrected chi connectivity index (χ0v) is 19.0. The highest BCUT2D eigenvalue weighted by Crippen LogP contribution is 2.41. The van der Waals surface area contributed by atoms with E-state index in [9.17, 15) is 22.8 Å². The summed E-state index contributed by atoms with van der Waals surface area (Å²) in [7, 11) is 0. The molecule has 3 aromatic rings. The predicted octanol–water partition coefficient (Wildman–Crippen LogP) is 5.06. The minimum atomic E-state index is -4.75. The van der Waals surface area contributed by atoms with E-state index in [0.717, 1.165) is 21.8 Å². The van der Waals surface area contributed by atoms with E-state index in [1.165, 1.54) is 17.0 Å². The van der Waals surface area contributed by atoms with Gasteiger partial charge in [0.25, 0.3) is 0 Å². The number of halogens is 3. The van der Waals surface area contributed by atoms with Crippen molar-refractivity contribution in [3.05, 3.63) is 68.5 Å². The maximum atomic E-state index is 14.0. The van der Waals surface area contributed by atoms with Gasteiger partial charge in [-0.05, 0) is 47.0 Å². The topological polar surface area (TPSA) is 52.7 Å². The summed E-state index contributed by atoms with van der Waals surface area (Å²) in [4.78, 5) is 30.8. The van der Waals surface area contributed by atoms with Crippen molar-refractivity contribution < 1.29 is 22.8 Å². The summed E-state index contributed by atoms with van der Waals surface area (Å²) in [6.07, 6.45) is -4.85. The number of anilines is 2. The Labute approximate surface area is 196 Å². The second-order valence-corrected chi connectivity index (χ2v) is 10.0. The molecule has 0 radical (unpaired) electrons. The van der Waals surface area contributed by atoms with Gasteiger partial charge in [0.2, 0.25) is 11.8 Å². The van der Waals surface area contributed by atoms with Crippen molar-refractivity contribution in [1.82, 2.24) is 4.90 Å². The lowest BCUT2D eigenvalue weighted by molar-refractivity contribution is -0.158. The molecular weight excluding hydrogens is 471 g/mol. The molecule has 0 aliphatic carbocycles. The maximum absolute atomic E-state index is 14.0. The number of rotatable bonds is 3. The zero-order chi connectivity index (χ0) is 23.2. The van der Waals surface area contributed by atoms with E-state index in [0.29, 0.717) is 6.54 Å². The molecule has 2 aliphatic rings. The van der Waals surface area contributed by atoms with Crippen LogP contribution in [0.1, 0.15) is 27.8 Å². The number of amides is 2. The van der Waals surface area contributed by atoms with Crippen LogP contribution in [-0.4, -0.2) is 42.0 Å². The number of nitrogens with one attached hydrogen (secondary N) is 1. The fourth-order valence-electron chi connectivity index (χ4n) is 4.56. The predicted molar refractivity (Wildman–Crippen MR) is 123 cm³/mol. The number of hydrogen-bond acceptors (Lipinski definition) is 5. The highest BCUT2D eigenvalue weighted by molar-refractivity contribution is 7.10. The van der Waals surface area contributed by atoms with Gasteiger partial charge in [0.1, 0.15) is 6.04 Å². The van der Waals surface area contributed by atoms with Crippen LogP contribution in [0.5, 0.6) is 0 Å². The molecule has 2 aromatic heterocycles. The number of alkyl halides is 3. The first-order chi connectivity index (χ1) is 15.8. The average Bonchev–Trinajstić information content (AvgIpc) is 3.43. The molecule has 0 fully saturated rings. The van der Waals surface area contributed by atoms with E-state index in [1.807, 2.05) is 33.9 Å². The Morgan fingerprint density at radius 1 is 1.09 bits per heavy atom. The van der Waals surface area contributed by atoms with Crippen LogP contribution in [0.15, 0.2) is 53.2 Å². The molecule has 2 aliphatic heterocycles. The van der Waals surface area contributed by atoms with Crippen LogP contribution in [0.25, 0.3) is 0 Å². The number of nitrogens with zero attached hydrogens (tertiary/aromatic N) is 2. The molecule has 5 nitrogen and oxygen atoms in total. The summed E-state index contributed by atoms with van der Waals surface area (Å²) in [6, 6.07) is 9.68. The van der Waals surface area contributed by atoms with Crippen molar-refractivity contribution in [2.45, 2.75) is 31.1 Å². The van der Waals surface area contributed by atoms with E-state index in [4.69, 9.17) is 0 Å². The molecule has 4 heterocycles. The van der Waals surface area contributed by atoms with Gasteiger partial charge in [-0.1, -0.05) is 18.2 Å². The average molecular weight is 492 g/mol. The van der Waals surface area contributed by atoms with Gasteiger partial charge in [-0.3, -0.25) is 19.4 Å². The Kier molecular flexibility index (Phi) is 5.75. The number of thiophene rings is 2. The summed E-state index contributed by atoms with van der Waals surface area (Å²) in [5.41, 5.74) is 1.37. The zero-order valence-electron chi connectivity index (χ0n) is 17.3. The number of benzene rings is 1. The third-order valence-electron chi connectivity index (χ3n) is 5.99. The number of carbonyl (C=O) groups excluding carboxylic acids is 2. The number of para-hydroxylation sites is 2. The Bertz CT molecular complexity index is 1180. The maximum Gasteiger partial charge on any atom is 0.409 e. The van der Waals surface area contributed by atoms with Gasteiger partial charge in [-0.25, -0.2) is 0 Å². The molecule has 33 heavy (non-hydrogen) atoms. The van der Waals surface area contributed by atoms with Gasteiger partial charge >= 0.3 is 6.18 Å². The van der Waals surface area contributed by atoms with E-state index < -0.39 is 30.5 Å². The highest BCUT2D eigenvalue weighted by Gasteiger charge is 2.49. The lowest BCUT2D eigenvalue weighted by Crippen LogP contribution is -2.53. The molecule has 5 rings (SSSR count). The molecule has 1 N–H and O–H groups in total. The lowest BCUT2D eigenvalue weighted by Gasteiger charge is -2.38. The molecule has 2 unspecified atom stereocenters. The van der Waals surface area contributed by atoms with Crippen LogP contribution in [0, 0.1) is 0 Å². The normalized spacial score (nSPS) is 21.2. The third-order valence-corrected chi connectivity index (χ3v) is 7.91. The first kappa shape index (κ1) is 22.1. The molecule has 0 spiro atoms. The van der Waals surface area contributed by atoms with E-state index in [-0.39, 0.29) is 24.0 Å². The molecule has 1 aromatic carbocycles. The highest BCUT2D eigenvalue weighted by atomic mass is 32.1. The van der Waals surface area contributed by atoms with Gasteiger partial charge in [0.05, 0.1) is 30.4 Å². The molecule has 0 bridgehead atoms. The first-order valence-corrected chi connectivity index (χ1v) is 12.2. The second-order valence-electron chi connectivity index (χ2n) is 8.03. The Hall–Kier alpha value is -2.69. The van der Waals surface area contributed by atoms with Crippen LogP contribution >= 0.6 is 22.7 Å². The van der Waals surface area contributed by atoms with Crippen LogP contribution < -0.4 is 10.2 Å². The summed E-state index contributed by atoms with van der Waals surface area (Å²) in [5, 5.41) is 6.48. The minimum absolute atomic E-state index is 0.0663. The Morgan fingerprint density at radius 2 is 1.91 bits per heavy atom. The van der Waals surface area contributed by atoms with Crippen LogP contribution in [0.4, 0.5) is 24.5 Å². The van der Waals surface area contributed by atoms with Crippen molar-refractivity contribution in [2.75, 3.05) is 23.3 Å². The van der Waals surface area contributed by atoms with Crippen molar-refractivity contribution >= 4 is 45.9 Å². The summed E-state index contributed by atoms with van der Waals surface area (Å²) in [6.45, 7) is 0.373. The van der Waals surface area contributed by atoms with Crippen molar-refractivity contribution in [3.63, 3.8) is 0 Å². The molecule has 0 saturated carbocycles. The molecule has 2 atom stereocenters. The number of carbonyl (C=O) groups is 2. The SMILES string of the molecule is O=C1CC(C(F)(F)F)N(C(=O)CN2CCc3sccc3C2c2cccs2)c2ccccc2N1. The fraction of sp³-hybridized carbons (Fsp3) is 0.304. The van der Waals surface area contributed by atoms with Crippen molar-refractivity contribution in [3.8, 4) is 0 Å². The Morgan fingerprint density at radius 3 is 2.67 bits per heavy atom. The molecule has 10 heteroatoms. The summed E-state index contributed by atoms with van der Waals surface area (Å²) < 4.78 is 42.1. The molecule has 0 saturated heterocycles. The van der Waals surface area contributed by atoms with E-state index in [1.54, 1.807) is 34.8 Å². The van der Waals surface area contributed by atoms with Crippen molar-refractivity contribution in [1.29, 1.82) is 0 Å². The quantitative estimate of drug-likeness (QED) is 0.557. The summed E-state index contributed by atoms with van der Waals surface area (Å²) in [5.74, 6) is -1.45. The Balaban J connectivity index is 1.52. The van der Waals surface area contributed by atoms with Gasteiger partial charge in [-0.2, -0.15) is 13.2 Å². The van der Waals surface area contributed by atoms with Gasteiger partial charge in [0.15, 0.2) is 0 Å². The number of hydrogen-bond donors (Lipinski definition) is 1. The standard InChI is InChI=1S/C23H20F3N3O2S2/c24-23(25,26)19-12-20(30)27-15-4-1-2-5-16(15)29(19)21(31)13-28-9-7-17-14(8-11-33-17)22(28)18-6-3-10-32-18/h1-6,8,10-11,19,22H,7,9,12-13H2,(H,27,30). The monoisotopic (exact) mass is 491 g/mol. The molecule has 2 amide bonds. The minimum Gasteiger partial charge on any atom is -0.324 e. The summed E-state index contributed by atoms with van der Waals surface area (Å²) >= 11 is 3.22. The van der Waals surface area contributed by atoms with Gasteiger partial charge in [-0.15, -0.1) is 22.7 Å². The largest absolute Gasteiger partial charge is 0.409 e. The third kappa shape index (κ3) is 4.18. The van der Waals surface area contributed by atoms with Crippen LogP contribution in [-0.2, 0) is 16.0 Å². The van der Waals surface area contributed by atoms with E-state index in [2.05, 4.69) is 5.32 Å². The fourth-order valence-corrected chi connectivity index (χ4v) is 6.34. The first-order valence-electron chi connectivity index (χ1n) is 10.4. The molecular formula is C23H20F3N3O2S2. The second kappa shape index (κ2) is 8.58. The van der Waals surface area contributed by atoms with Gasteiger partial charge in [0, 0.05) is 16.3 Å².